The van der Waals surface area contributed by atoms with Crippen LogP contribution in [0.2, 0.25) is 0 Å². The molecule has 124 valence electrons. The van der Waals surface area contributed by atoms with Crippen LogP contribution < -0.4 is 20.3 Å². The van der Waals surface area contributed by atoms with Gasteiger partial charge in [0.15, 0.2) is 11.5 Å². The maximum atomic E-state index is 11.7. The Morgan fingerprint density at radius 3 is 2.65 bits per heavy atom. The molecule has 0 aliphatic carbocycles. The molecule has 2 heterocycles. The maximum absolute atomic E-state index is 11.7. The monoisotopic (exact) mass is 321 g/mol. The van der Waals surface area contributed by atoms with Gasteiger partial charge < -0.3 is 29.2 Å². The molecule has 0 saturated heterocycles. The Labute approximate surface area is 135 Å². The van der Waals surface area contributed by atoms with Crippen molar-refractivity contribution < 1.29 is 28.7 Å². The van der Waals surface area contributed by atoms with E-state index in [1.54, 1.807) is 32.9 Å². The van der Waals surface area contributed by atoms with E-state index in [4.69, 9.17) is 18.9 Å². The first-order valence-electron chi connectivity index (χ1n) is 7.57. The van der Waals surface area contributed by atoms with E-state index >= 15 is 0 Å². The molecular formula is C15H20BNO6. The summed E-state index contributed by atoms with van der Waals surface area (Å²) in [6.07, 6.45) is -0.995. The minimum Gasteiger partial charge on any atom is -0.486 e. The summed E-state index contributed by atoms with van der Waals surface area (Å²) in [6.45, 7) is 6.53. The quantitative estimate of drug-likeness (QED) is 0.782. The summed E-state index contributed by atoms with van der Waals surface area (Å²) in [5.41, 5.74) is 0.838. The van der Waals surface area contributed by atoms with E-state index < -0.39 is 24.9 Å². The fourth-order valence-electron chi connectivity index (χ4n) is 2.56. The summed E-state index contributed by atoms with van der Waals surface area (Å²) in [7, 11) is -1.05. The summed E-state index contributed by atoms with van der Waals surface area (Å²) in [4.78, 5) is 11.7. The third-order valence-electron chi connectivity index (χ3n) is 3.48. The van der Waals surface area contributed by atoms with E-state index in [2.05, 4.69) is 5.32 Å². The minimum atomic E-state index is -1.05. The summed E-state index contributed by atoms with van der Waals surface area (Å²) in [5.74, 6) is 1.22. The van der Waals surface area contributed by atoms with E-state index in [1.807, 2.05) is 0 Å². The first-order chi connectivity index (χ1) is 10.8. The third kappa shape index (κ3) is 3.53. The van der Waals surface area contributed by atoms with Crippen LogP contribution in [0.15, 0.2) is 12.1 Å². The van der Waals surface area contributed by atoms with Crippen LogP contribution in [0.3, 0.4) is 0 Å². The normalized spacial score (nSPS) is 19.3. The number of amides is 1. The smallest absolute Gasteiger partial charge is 0.486 e. The van der Waals surface area contributed by atoms with Gasteiger partial charge in [-0.2, -0.15) is 0 Å². The van der Waals surface area contributed by atoms with Gasteiger partial charge >= 0.3 is 13.2 Å². The van der Waals surface area contributed by atoms with E-state index in [9.17, 15) is 9.82 Å². The number of nitrogens with one attached hydrogen (secondary N) is 1. The van der Waals surface area contributed by atoms with Crippen LogP contribution in [0.5, 0.6) is 11.5 Å². The summed E-state index contributed by atoms with van der Waals surface area (Å²) >= 11 is 0. The number of fused-ring (bicyclic) bond motifs is 2. The molecule has 2 aliphatic rings. The second-order valence-electron chi connectivity index (χ2n) is 6.48. The van der Waals surface area contributed by atoms with Crippen LogP contribution in [-0.4, -0.2) is 43.6 Å². The predicted molar refractivity (Wildman–Crippen MR) is 83.1 cm³/mol. The first-order valence-corrected chi connectivity index (χ1v) is 7.57. The van der Waals surface area contributed by atoms with Gasteiger partial charge in [-0.25, -0.2) is 4.79 Å². The van der Waals surface area contributed by atoms with Gasteiger partial charge in [0.1, 0.15) is 18.8 Å². The fraction of sp³-hybridized carbons (Fsp3) is 0.533. The highest BCUT2D eigenvalue weighted by Crippen LogP contribution is 2.35. The molecule has 0 bridgehead atoms. The van der Waals surface area contributed by atoms with Crippen molar-refractivity contribution in [2.24, 2.45) is 0 Å². The topological polar surface area (TPSA) is 86.3 Å². The van der Waals surface area contributed by atoms with Crippen molar-refractivity contribution >= 4 is 18.7 Å². The maximum Gasteiger partial charge on any atom is 0.492 e. The van der Waals surface area contributed by atoms with Gasteiger partial charge in [-0.15, -0.1) is 0 Å². The van der Waals surface area contributed by atoms with E-state index in [0.29, 0.717) is 30.2 Å². The molecule has 1 aromatic rings. The molecule has 1 atom stereocenters. The highest BCUT2D eigenvalue weighted by Gasteiger charge is 2.37. The number of rotatable bonds is 2. The van der Waals surface area contributed by atoms with Crippen molar-refractivity contribution in [3.05, 3.63) is 17.7 Å². The average Bonchev–Trinajstić information content (AvgIpc) is 2.77. The zero-order valence-electron chi connectivity index (χ0n) is 13.4. The molecule has 1 aromatic carbocycles. The van der Waals surface area contributed by atoms with Gasteiger partial charge in [0, 0.05) is 6.54 Å². The minimum absolute atomic E-state index is 0.193. The van der Waals surface area contributed by atoms with Gasteiger partial charge in [0.2, 0.25) is 0 Å². The molecule has 0 fully saturated rings. The molecule has 8 heteroatoms. The highest BCUT2D eigenvalue weighted by molar-refractivity contribution is 6.61. The zero-order valence-corrected chi connectivity index (χ0v) is 13.4. The molecule has 0 saturated carbocycles. The lowest BCUT2D eigenvalue weighted by Gasteiger charge is -2.22. The second kappa shape index (κ2) is 5.94. The van der Waals surface area contributed by atoms with Crippen molar-refractivity contribution in [1.29, 1.82) is 0 Å². The molecule has 2 aliphatic heterocycles. The lowest BCUT2D eigenvalue weighted by atomic mass is 9.79. The fourth-order valence-corrected chi connectivity index (χ4v) is 2.56. The van der Waals surface area contributed by atoms with E-state index in [1.165, 1.54) is 0 Å². The molecule has 1 unspecified atom stereocenters. The second-order valence-corrected chi connectivity index (χ2v) is 6.48. The van der Waals surface area contributed by atoms with Crippen molar-refractivity contribution in [2.45, 2.75) is 32.5 Å². The SMILES string of the molecule is CC(C)(C)OC(=O)NCC1OB(O)c2cc3c(cc21)OCCO3. The molecule has 0 aromatic heterocycles. The predicted octanol–water partition coefficient (Wildman–Crippen LogP) is 0.741. The Bertz CT molecular complexity index is 615. The zero-order chi connectivity index (χ0) is 16.6. The van der Waals surface area contributed by atoms with Gasteiger partial charge in [0.05, 0.1) is 6.10 Å². The van der Waals surface area contributed by atoms with Gasteiger partial charge in [-0.3, -0.25) is 0 Å². The number of carbonyl (C=O) groups excluding carboxylic acids is 1. The Hall–Kier alpha value is -1.93. The van der Waals surface area contributed by atoms with E-state index in [-0.39, 0.29) is 6.54 Å². The average molecular weight is 321 g/mol. The van der Waals surface area contributed by atoms with Gasteiger partial charge in [0.25, 0.3) is 0 Å². The number of benzene rings is 1. The molecule has 0 spiro atoms. The van der Waals surface area contributed by atoms with Crippen molar-refractivity contribution in [2.75, 3.05) is 19.8 Å². The van der Waals surface area contributed by atoms with Crippen molar-refractivity contribution in [3.8, 4) is 11.5 Å². The van der Waals surface area contributed by atoms with Crippen molar-refractivity contribution in [3.63, 3.8) is 0 Å². The lowest BCUT2D eigenvalue weighted by Crippen LogP contribution is -2.35. The summed E-state index contributed by atoms with van der Waals surface area (Å²) in [5, 5.41) is 12.7. The van der Waals surface area contributed by atoms with E-state index in [0.717, 1.165) is 5.56 Å². The van der Waals surface area contributed by atoms with Crippen LogP contribution in [0, 0.1) is 0 Å². The summed E-state index contributed by atoms with van der Waals surface area (Å²) < 4.78 is 21.7. The molecule has 0 radical (unpaired) electrons. The molecular weight excluding hydrogens is 301 g/mol. The van der Waals surface area contributed by atoms with Crippen LogP contribution in [0.4, 0.5) is 4.79 Å². The highest BCUT2D eigenvalue weighted by atomic mass is 16.6. The Morgan fingerprint density at radius 1 is 1.35 bits per heavy atom. The molecule has 2 N–H and O–H groups in total. The van der Waals surface area contributed by atoms with Gasteiger partial charge in [-0.05, 0) is 43.9 Å². The number of carbonyl (C=O) groups is 1. The Balaban J connectivity index is 1.71. The van der Waals surface area contributed by atoms with Crippen molar-refractivity contribution in [1.82, 2.24) is 5.32 Å². The molecule has 7 nitrogen and oxygen atoms in total. The van der Waals surface area contributed by atoms with Crippen LogP contribution >= 0.6 is 0 Å². The Morgan fingerprint density at radius 2 is 2.00 bits per heavy atom. The number of alkyl carbamates (subject to hydrolysis) is 1. The molecule has 23 heavy (non-hydrogen) atoms. The third-order valence-corrected chi connectivity index (χ3v) is 3.48. The number of hydrogen-bond acceptors (Lipinski definition) is 6. The standard InChI is InChI=1S/C15H20BNO6/c1-15(2,3)22-14(18)17-8-13-9-6-11-12(21-5-4-20-11)7-10(9)16(19)23-13/h6-7,13,19H,4-5,8H2,1-3H3,(H,17,18). The lowest BCUT2D eigenvalue weighted by molar-refractivity contribution is 0.0498. The largest absolute Gasteiger partial charge is 0.492 e. The van der Waals surface area contributed by atoms with Crippen LogP contribution in [0.25, 0.3) is 0 Å². The molecule has 1 amide bonds. The Kier molecular flexibility index (Phi) is 4.12. The van der Waals surface area contributed by atoms with Crippen LogP contribution in [0.1, 0.15) is 32.4 Å². The van der Waals surface area contributed by atoms with Crippen LogP contribution in [-0.2, 0) is 9.39 Å². The molecule has 3 rings (SSSR count). The number of hydrogen-bond donors (Lipinski definition) is 2. The first kappa shape index (κ1) is 16.0. The number of ether oxygens (including phenoxy) is 3. The summed E-state index contributed by atoms with van der Waals surface area (Å²) in [6, 6.07) is 3.52. The van der Waals surface area contributed by atoms with Gasteiger partial charge in [-0.1, -0.05) is 0 Å².